The number of halogens is 1. The highest BCUT2D eigenvalue weighted by molar-refractivity contribution is 6.31. The van der Waals surface area contributed by atoms with Crippen LogP contribution in [0.1, 0.15) is 12.6 Å². The first-order valence-corrected chi connectivity index (χ1v) is 4.30. The Morgan fingerprint density at radius 2 is 2.42 bits per heavy atom. The van der Waals surface area contributed by atoms with Gasteiger partial charge in [0.25, 0.3) is 0 Å². The maximum Gasteiger partial charge on any atom is 0.0817 e. The predicted octanol–water partition coefficient (Wildman–Crippen LogP) is 1.24. The fourth-order valence-electron chi connectivity index (χ4n) is 1.06. The first-order valence-electron chi connectivity index (χ1n) is 3.92. The minimum atomic E-state index is 0.182. The van der Waals surface area contributed by atoms with Crippen LogP contribution in [-0.2, 0) is 13.5 Å². The number of hydrogen-bond acceptors (Lipinski definition) is 2. The molecule has 0 saturated heterocycles. The molecule has 1 aromatic heterocycles. The molecular weight excluding hydrogens is 176 g/mol. The molecular formula is C8H13ClN2O. The Labute approximate surface area is 77.0 Å². The van der Waals surface area contributed by atoms with Crippen molar-refractivity contribution in [2.45, 2.75) is 13.3 Å². The zero-order valence-corrected chi connectivity index (χ0v) is 8.04. The van der Waals surface area contributed by atoms with Gasteiger partial charge in [0.2, 0.25) is 0 Å². The molecule has 68 valence electrons. The molecule has 0 radical (unpaired) electrons. The van der Waals surface area contributed by atoms with Gasteiger partial charge in [-0.2, -0.15) is 5.10 Å². The van der Waals surface area contributed by atoms with Gasteiger partial charge < -0.3 is 5.11 Å². The van der Waals surface area contributed by atoms with E-state index < -0.39 is 0 Å². The number of aliphatic hydroxyl groups excluding tert-OH is 1. The summed E-state index contributed by atoms with van der Waals surface area (Å²) in [5.41, 5.74) is 0.984. The van der Waals surface area contributed by atoms with Gasteiger partial charge in [-0.25, -0.2) is 0 Å². The van der Waals surface area contributed by atoms with Crippen LogP contribution in [0.25, 0.3) is 0 Å². The fourth-order valence-corrected chi connectivity index (χ4v) is 1.30. The van der Waals surface area contributed by atoms with Crippen molar-refractivity contribution < 1.29 is 5.11 Å². The molecule has 1 rings (SSSR count). The molecule has 0 saturated carbocycles. The van der Waals surface area contributed by atoms with E-state index in [0.717, 1.165) is 12.1 Å². The lowest BCUT2D eigenvalue weighted by molar-refractivity contribution is 0.235. The van der Waals surface area contributed by atoms with Gasteiger partial charge in [-0.1, -0.05) is 18.5 Å². The van der Waals surface area contributed by atoms with Crippen molar-refractivity contribution in [1.82, 2.24) is 9.78 Å². The standard InChI is InChI=1S/C8H13ClN2O/c1-6(5-12)3-8-7(9)4-10-11(8)2/h4,6,12H,3,5H2,1-2H3. The van der Waals surface area contributed by atoms with E-state index in [1.165, 1.54) is 0 Å². The van der Waals surface area contributed by atoms with E-state index in [9.17, 15) is 0 Å². The molecule has 1 atom stereocenters. The van der Waals surface area contributed by atoms with Crippen molar-refractivity contribution in [3.8, 4) is 0 Å². The molecule has 0 aliphatic carbocycles. The third-order valence-electron chi connectivity index (χ3n) is 1.86. The Morgan fingerprint density at radius 1 is 1.75 bits per heavy atom. The summed E-state index contributed by atoms with van der Waals surface area (Å²) in [6, 6.07) is 0. The van der Waals surface area contributed by atoms with Crippen molar-refractivity contribution >= 4 is 11.6 Å². The van der Waals surface area contributed by atoms with E-state index in [-0.39, 0.29) is 12.5 Å². The molecule has 0 bridgehead atoms. The lowest BCUT2D eigenvalue weighted by Gasteiger charge is -2.07. The zero-order chi connectivity index (χ0) is 9.14. The fraction of sp³-hybridized carbons (Fsp3) is 0.625. The summed E-state index contributed by atoms with van der Waals surface area (Å²) in [6.07, 6.45) is 2.40. The van der Waals surface area contributed by atoms with Crippen LogP contribution in [0, 0.1) is 5.92 Å². The van der Waals surface area contributed by atoms with E-state index in [2.05, 4.69) is 5.10 Å². The molecule has 12 heavy (non-hydrogen) atoms. The van der Waals surface area contributed by atoms with Crippen molar-refractivity contribution in [2.75, 3.05) is 6.61 Å². The number of aryl methyl sites for hydroxylation is 1. The van der Waals surface area contributed by atoms with E-state index in [0.29, 0.717) is 5.02 Å². The summed E-state index contributed by atoms with van der Waals surface area (Å²) in [7, 11) is 1.85. The molecule has 0 aromatic carbocycles. The summed E-state index contributed by atoms with van der Waals surface area (Å²) in [4.78, 5) is 0. The van der Waals surface area contributed by atoms with Crippen LogP contribution < -0.4 is 0 Å². The smallest absolute Gasteiger partial charge is 0.0817 e. The SMILES string of the molecule is CC(CO)Cc1c(Cl)cnn1C. The van der Waals surface area contributed by atoms with Crippen molar-refractivity contribution in [3.63, 3.8) is 0 Å². The van der Waals surface area contributed by atoms with Crippen LogP contribution in [-0.4, -0.2) is 21.5 Å². The van der Waals surface area contributed by atoms with Crippen molar-refractivity contribution in [1.29, 1.82) is 0 Å². The quantitative estimate of drug-likeness (QED) is 0.775. The molecule has 0 aliphatic rings. The van der Waals surface area contributed by atoms with E-state index >= 15 is 0 Å². The predicted molar refractivity (Wildman–Crippen MR) is 48.2 cm³/mol. The Bertz CT molecular complexity index is 240. The Kier molecular flexibility index (Phi) is 3.12. The maximum absolute atomic E-state index is 8.84. The number of hydrogen-bond donors (Lipinski definition) is 1. The molecule has 0 aliphatic heterocycles. The van der Waals surface area contributed by atoms with E-state index in [1.807, 2.05) is 14.0 Å². The van der Waals surface area contributed by atoms with Crippen LogP contribution in [0.2, 0.25) is 5.02 Å². The summed E-state index contributed by atoms with van der Waals surface area (Å²) in [5.74, 6) is 0.234. The van der Waals surface area contributed by atoms with Crippen LogP contribution >= 0.6 is 11.6 Å². The Morgan fingerprint density at radius 3 is 2.83 bits per heavy atom. The van der Waals surface area contributed by atoms with Crippen LogP contribution in [0.5, 0.6) is 0 Å². The highest BCUT2D eigenvalue weighted by Crippen LogP contribution is 2.17. The molecule has 1 aromatic rings. The number of aromatic nitrogens is 2. The molecule has 1 heterocycles. The molecule has 0 amide bonds. The number of aliphatic hydroxyl groups is 1. The second-order valence-electron chi connectivity index (χ2n) is 3.05. The average Bonchev–Trinajstić information content (AvgIpc) is 2.35. The Balaban J connectivity index is 2.73. The average molecular weight is 189 g/mol. The highest BCUT2D eigenvalue weighted by Gasteiger charge is 2.09. The first kappa shape index (κ1) is 9.55. The van der Waals surface area contributed by atoms with Crippen molar-refractivity contribution in [2.24, 2.45) is 13.0 Å². The second-order valence-corrected chi connectivity index (χ2v) is 3.46. The van der Waals surface area contributed by atoms with Gasteiger partial charge in [0.1, 0.15) is 0 Å². The summed E-state index contributed by atoms with van der Waals surface area (Å²) in [5, 5.41) is 13.5. The van der Waals surface area contributed by atoms with E-state index in [4.69, 9.17) is 16.7 Å². The monoisotopic (exact) mass is 188 g/mol. The van der Waals surface area contributed by atoms with Gasteiger partial charge in [-0.15, -0.1) is 0 Å². The van der Waals surface area contributed by atoms with Crippen LogP contribution in [0.15, 0.2) is 6.20 Å². The van der Waals surface area contributed by atoms with Crippen LogP contribution in [0.3, 0.4) is 0 Å². The Hall–Kier alpha value is -0.540. The van der Waals surface area contributed by atoms with Gasteiger partial charge >= 0.3 is 0 Å². The minimum absolute atomic E-state index is 0.182. The second kappa shape index (κ2) is 3.92. The van der Waals surface area contributed by atoms with Gasteiger partial charge in [-0.3, -0.25) is 4.68 Å². The van der Waals surface area contributed by atoms with Gasteiger partial charge in [-0.05, 0) is 12.3 Å². The van der Waals surface area contributed by atoms with Gasteiger partial charge in [0.05, 0.1) is 16.9 Å². The summed E-state index contributed by atoms with van der Waals surface area (Å²) >= 11 is 5.88. The number of rotatable bonds is 3. The number of nitrogens with zero attached hydrogens (tertiary/aromatic N) is 2. The van der Waals surface area contributed by atoms with Gasteiger partial charge in [0, 0.05) is 13.7 Å². The molecule has 4 heteroatoms. The van der Waals surface area contributed by atoms with Crippen LogP contribution in [0.4, 0.5) is 0 Å². The lowest BCUT2D eigenvalue weighted by atomic mass is 10.1. The molecule has 3 nitrogen and oxygen atoms in total. The van der Waals surface area contributed by atoms with Gasteiger partial charge in [0.15, 0.2) is 0 Å². The third-order valence-corrected chi connectivity index (χ3v) is 2.18. The molecule has 0 spiro atoms. The van der Waals surface area contributed by atoms with E-state index in [1.54, 1.807) is 10.9 Å². The maximum atomic E-state index is 8.84. The third kappa shape index (κ3) is 1.99. The summed E-state index contributed by atoms with van der Waals surface area (Å²) < 4.78 is 1.74. The topological polar surface area (TPSA) is 38.1 Å². The minimum Gasteiger partial charge on any atom is -0.396 e. The highest BCUT2D eigenvalue weighted by atomic mass is 35.5. The van der Waals surface area contributed by atoms with Crippen molar-refractivity contribution in [3.05, 3.63) is 16.9 Å². The summed E-state index contributed by atoms with van der Waals surface area (Å²) in [6.45, 7) is 2.16. The molecule has 1 N–H and O–H groups in total. The molecule has 0 fully saturated rings. The first-order chi connectivity index (χ1) is 5.65. The lowest BCUT2D eigenvalue weighted by Crippen LogP contribution is -2.08. The largest absolute Gasteiger partial charge is 0.396 e. The zero-order valence-electron chi connectivity index (χ0n) is 7.29. The normalized spacial score (nSPS) is 13.3. The molecule has 1 unspecified atom stereocenters.